The van der Waals surface area contributed by atoms with Gasteiger partial charge in [-0.2, -0.15) is 0 Å². The van der Waals surface area contributed by atoms with Gasteiger partial charge in [-0.1, -0.05) is 0 Å². The summed E-state index contributed by atoms with van der Waals surface area (Å²) in [4.78, 5) is 38.2. The van der Waals surface area contributed by atoms with Gasteiger partial charge < -0.3 is 5.32 Å². The van der Waals surface area contributed by atoms with Gasteiger partial charge in [0.25, 0.3) is 5.91 Å². The van der Waals surface area contributed by atoms with Crippen molar-refractivity contribution in [2.45, 2.75) is 38.4 Å². The first-order valence-corrected chi connectivity index (χ1v) is 5.92. The molecule has 2 unspecified atom stereocenters. The molecule has 0 saturated carbocycles. The highest BCUT2D eigenvalue weighted by Crippen LogP contribution is 2.40. The first-order chi connectivity index (χ1) is 8.49. The van der Waals surface area contributed by atoms with Crippen LogP contribution in [0.5, 0.6) is 0 Å². The molecule has 7 heteroatoms. The van der Waals surface area contributed by atoms with Crippen LogP contribution >= 0.6 is 0 Å². The van der Waals surface area contributed by atoms with E-state index in [0.29, 0.717) is 6.42 Å². The van der Waals surface area contributed by atoms with E-state index in [1.807, 2.05) is 13.8 Å². The van der Waals surface area contributed by atoms with Crippen molar-refractivity contribution < 1.29 is 14.4 Å². The lowest BCUT2D eigenvalue weighted by Gasteiger charge is -2.30. The fourth-order valence-electron chi connectivity index (χ4n) is 2.72. The Balaban J connectivity index is 1.86. The molecule has 2 atom stereocenters. The fourth-order valence-corrected chi connectivity index (χ4v) is 2.72. The van der Waals surface area contributed by atoms with Crippen molar-refractivity contribution in [3.8, 4) is 0 Å². The average Bonchev–Trinajstić information content (AvgIpc) is 2.90. The molecule has 0 aliphatic carbocycles. The Labute approximate surface area is 104 Å². The van der Waals surface area contributed by atoms with Crippen LogP contribution in [0.15, 0.2) is 11.9 Å². The van der Waals surface area contributed by atoms with Crippen molar-refractivity contribution in [3.05, 3.63) is 11.9 Å². The lowest BCUT2D eigenvalue weighted by atomic mass is 10.1. The third kappa shape index (κ3) is 1.33. The summed E-state index contributed by atoms with van der Waals surface area (Å²) in [7, 11) is 0. The molecule has 2 saturated heterocycles. The predicted octanol–water partition coefficient (Wildman–Crippen LogP) is -0.0459. The lowest BCUT2D eigenvalue weighted by Crippen LogP contribution is -2.52. The highest BCUT2D eigenvalue weighted by atomic mass is 16.2. The molecule has 0 aromatic heterocycles. The molecular formula is C11H14N4O3. The molecule has 18 heavy (non-hydrogen) atoms. The number of imide groups is 1. The molecule has 3 aliphatic heterocycles. The van der Waals surface area contributed by atoms with Crippen LogP contribution in [0.25, 0.3) is 0 Å². The zero-order valence-corrected chi connectivity index (χ0v) is 10.1. The van der Waals surface area contributed by atoms with Gasteiger partial charge in [-0.3, -0.25) is 19.9 Å². The van der Waals surface area contributed by atoms with Crippen LogP contribution in [0.4, 0.5) is 9.59 Å². The van der Waals surface area contributed by atoms with Gasteiger partial charge in [0.15, 0.2) is 0 Å². The van der Waals surface area contributed by atoms with Crippen LogP contribution in [0, 0.1) is 0 Å². The van der Waals surface area contributed by atoms with Crippen molar-refractivity contribution >= 4 is 18.0 Å². The van der Waals surface area contributed by atoms with Gasteiger partial charge in [0.05, 0.1) is 6.04 Å². The van der Waals surface area contributed by atoms with Crippen LogP contribution in [0.1, 0.15) is 20.3 Å². The van der Waals surface area contributed by atoms with E-state index < -0.39 is 6.04 Å². The number of carbonyl (C=O) groups is 3. The van der Waals surface area contributed by atoms with Crippen molar-refractivity contribution in [3.63, 3.8) is 0 Å². The first kappa shape index (κ1) is 11.1. The van der Waals surface area contributed by atoms with Gasteiger partial charge >= 0.3 is 12.1 Å². The number of hydrogen-bond donors (Lipinski definition) is 2. The zero-order valence-electron chi connectivity index (χ0n) is 10.1. The molecule has 7 nitrogen and oxygen atoms in total. The number of fused-ring (bicyclic) bond motifs is 5. The number of hydrogen-bond acceptors (Lipinski definition) is 3. The Morgan fingerprint density at radius 1 is 1.50 bits per heavy atom. The number of urea groups is 2. The van der Waals surface area contributed by atoms with Gasteiger partial charge in [-0.25, -0.2) is 9.59 Å². The van der Waals surface area contributed by atoms with E-state index in [0.717, 1.165) is 5.70 Å². The van der Waals surface area contributed by atoms with Crippen LogP contribution < -0.4 is 10.6 Å². The van der Waals surface area contributed by atoms with E-state index >= 15 is 0 Å². The average molecular weight is 250 g/mol. The van der Waals surface area contributed by atoms with Crippen LogP contribution in [0.2, 0.25) is 0 Å². The third-order valence-electron chi connectivity index (χ3n) is 3.38. The zero-order chi connectivity index (χ0) is 13.0. The van der Waals surface area contributed by atoms with Crippen LogP contribution in [-0.4, -0.2) is 45.9 Å². The molecule has 5 amide bonds. The maximum Gasteiger partial charge on any atom is 0.329 e. The van der Waals surface area contributed by atoms with Crippen molar-refractivity contribution in [1.82, 2.24) is 20.4 Å². The maximum atomic E-state index is 12.0. The minimum absolute atomic E-state index is 0.0326. The van der Waals surface area contributed by atoms with E-state index in [-0.39, 0.29) is 30.1 Å². The van der Waals surface area contributed by atoms with Gasteiger partial charge in [0, 0.05) is 24.4 Å². The lowest BCUT2D eigenvalue weighted by molar-refractivity contribution is -0.121. The number of carbonyl (C=O) groups excluding carboxylic acids is 3. The molecule has 3 aliphatic rings. The second-order valence-corrected chi connectivity index (χ2v) is 5.01. The summed E-state index contributed by atoms with van der Waals surface area (Å²) >= 11 is 0. The molecule has 0 aromatic rings. The Kier molecular flexibility index (Phi) is 2.13. The van der Waals surface area contributed by atoms with E-state index in [4.69, 9.17) is 0 Å². The molecule has 3 heterocycles. The Bertz CT molecular complexity index is 485. The molecule has 0 radical (unpaired) electrons. The van der Waals surface area contributed by atoms with Gasteiger partial charge in [-0.15, -0.1) is 0 Å². The van der Waals surface area contributed by atoms with E-state index in [1.54, 1.807) is 6.20 Å². The highest BCUT2D eigenvalue weighted by Gasteiger charge is 2.56. The Morgan fingerprint density at radius 3 is 2.89 bits per heavy atom. The standard InChI is InChI=1S/C11H14N4O3/c1-5(2)12-10(17)14-4-6-3-7(14)8-9(16)13-11(18)15(6)8/h4-5,7-8H,3H2,1-2H3,(H,12,17)(H,13,16,18). The molecular weight excluding hydrogens is 236 g/mol. The summed E-state index contributed by atoms with van der Waals surface area (Å²) in [5.41, 5.74) is 0.729. The van der Waals surface area contributed by atoms with Crippen molar-refractivity contribution in [2.75, 3.05) is 0 Å². The summed E-state index contributed by atoms with van der Waals surface area (Å²) in [5, 5.41) is 5.05. The Morgan fingerprint density at radius 2 is 2.22 bits per heavy atom. The van der Waals surface area contributed by atoms with Gasteiger partial charge in [0.1, 0.15) is 6.04 Å². The maximum absolute atomic E-state index is 12.0. The minimum atomic E-state index is -0.560. The molecule has 2 N–H and O–H groups in total. The van der Waals surface area contributed by atoms with Crippen LogP contribution in [0.3, 0.4) is 0 Å². The summed E-state index contributed by atoms with van der Waals surface area (Å²) < 4.78 is 0. The SMILES string of the molecule is CC(C)NC(=O)N1C=C2CC1C1C(=O)NC(=O)N21. The number of nitrogens with zero attached hydrogens (tertiary/aromatic N) is 2. The smallest absolute Gasteiger partial charge is 0.329 e. The normalized spacial score (nSPS) is 28.7. The third-order valence-corrected chi connectivity index (χ3v) is 3.38. The number of amides is 5. The molecule has 3 rings (SSSR count). The monoisotopic (exact) mass is 250 g/mol. The Hall–Kier alpha value is -2.05. The second kappa shape index (κ2) is 3.47. The highest BCUT2D eigenvalue weighted by molar-refractivity contribution is 6.07. The minimum Gasteiger partial charge on any atom is -0.336 e. The predicted molar refractivity (Wildman–Crippen MR) is 61.2 cm³/mol. The topological polar surface area (TPSA) is 81.8 Å². The fraction of sp³-hybridized carbons (Fsp3) is 0.545. The van der Waals surface area contributed by atoms with Gasteiger partial charge in [-0.05, 0) is 13.8 Å². The largest absolute Gasteiger partial charge is 0.336 e. The van der Waals surface area contributed by atoms with E-state index in [1.165, 1.54) is 9.80 Å². The summed E-state index contributed by atoms with van der Waals surface area (Å²) in [6.45, 7) is 3.74. The molecule has 96 valence electrons. The second-order valence-electron chi connectivity index (χ2n) is 5.01. The molecule has 0 spiro atoms. The summed E-state index contributed by atoms with van der Waals surface area (Å²) in [6.07, 6.45) is 2.21. The molecule has 0 aromatic carbocycles. The molecule has 2 fully saturated rings. The summed E-state index contributed by atoms with van der Waals surface area (Å²) in [5.74, 6) is -0.324. The van der Waals surface area contributed by atoms with Crippen LogP contribution in [-0.2, 0) is 4.79 Å². The molecule has 2 bridgehead atoms. The van der Waals surface area contributed by atoms with Crippen molar-refractivity contribution in [2.24, 2.45) is 0 Å². The number of rotatable bonds is 1. The van der Waals surface area contributed by atoms with Gasteiger partial charge in [0.2, 0.25) is 0 Å². The first-order valence-electron chi connectivity index (χ1n) is 5.92. The quantitative estimate of drug-likeness (QED) is 0.640. The van der Waals surface area contributed by atoms with Crippen molar-refractivity contribution in [1.29, 1.82) is 0 Å². The number of nitrogens with one attached hydrogen (secondary N) is 2. The summed E-state index contributed by atoms with van der Waals surface area (Å²) in [6, 6.07) is -1.41. The van der Waals surface area contributed by atoms with E-state index in [2.05, 4.69) is 10.6 Å². The van der Waals surface area contributed by atoms with E-state index in [9.17, 15) is 14.4 Å².